The zero-order valence-electron chi connectivity index (χ0n) is 15.8. The molecule has 1 unspecified atom stereocenters. The van der Waals surface area contributed by atoms with E-state index in [1.807, 2.05) is 29.2 Å². The molecular formula is C22H22FN3O2. The molecule has 0 bridgehead atoms. The Morgan fingerprint density at radius 2 is 2.07 bits per heavy atom. The Morgan fingerprint density at radius 1 is 1.21 bits per heavy atom. The van der Waals surface area contributed by atoms with E-state index in [1.54, 1.807) is 19.1 Å². The number of piperidine rings is 1. The fourth-order valence-electron chi connectivity index (χ4n) is 3.69. The minimum Gasteiger partial charge on any atom is -0.448 e. The first kappa shape index (κ1) is 18.3. The van der Waals surface area contributed by atoms with Crippen molar-refractivity contribution >= 4 is 5.91 Å². The fourth-order valence-corrected chi connectivity index (χ4v) is 3.69. The predicted octanol–water partition coefficient (Wildman–Crippen LogP) is 4.13. The first-order chi connectivity index (χ1) is 13.6. The molecule has 1 saturated heterocycles. The maximum absolute atomic E-state index is 13.9. The van der Waals surface area contributed by atoms with E-state index in [0.717, 1.165) is 24.2 Å². The molecule has 28 heavy (non-hydrogen) atoms. The van der Waals surface area contributed by atoms with Crippen molar-refractivity contribution in [2.24, 2.45) is 0 Å². The maximum atomic E-state index is 13.9. The molecule has 1 aliphatic heterocycles. The Bertz CT molecular complexity index is 985. The van der Waals surface area contributed by atoms with Crippen molar-refractivity contribution in [2.45, 2.75) is 32.1 Å². The van der Waals surface area contributed by atoms with Gasteiger partial charge in [-0.05, 0) is 36.6 Å². The fraction of sp³-hybridized carbons (Fsp3) is 0.318. The summed E-state index contributed by atoms with van der Waals surface area (Å²) in [5, 5.41) is 0. The number of hydrogen-bond acceptors (Lipinski definition) is 4. The molecule has 144 valence electrons. The number of aryl methyl sites for hydroxylation is 1. The standard InChI is InChI=1S/C22H22FN3O2/c1-15-24-21(14-28-15)22(27)26-11-5-7-17(13-26)20-10-4-8-18(25-20)12-16-6-2-3-9-19(16)23/h2-4,6,8-10,14,17H,5,7,11-13H2,1H3. The normalized spacial score (nSPS) is 16.9. The summed E-state index contributed by atoms with van der Waals surface area (Å²) < 4.78 is 19.1. The zero-order valence-corrected chi connectivity index (χ0v) is 15.8. The summed E-state index contributed by atoms with van der Waals surface area (Å²) in [6.45, 7) is 3.03. The van der Waals surface area contributed by atoms with Crippen molar-refractivity contribution in [2.75, 3.05) is 13.1 Å². The van der Waals surface area contributed by atoms with E-state index < -0.39 is 0 Å². The van der Waals surface area contributed by atoms with Crippen LogP contribution in [0, 0.1) is 12.7 Å². The third kappa shape index (κ3) is 3.96. The second-order valence-electron chi connectivity index (χ2n) is 7.16. The van der Waals surface area contributed by atoms with E-state index in [2.05, 4.69) is 4.98 Å². The summed E-state index contributed by atoms with van der Waals surface area (Å²) in [6.07, 6.45) is 3.74. The number of benzene rings is 1. The molecule has 1 aliphatic rings. The molecule has 0 saturated carbocycles. The molecule has 5 nitrogen and oxygen atoms in total. The SMILES string of the molecule is Cc1nc(C(=O)N2CCCC(c3cccc(Cc4ccccc4F)n3)C2)co1. The van der Waals surface area contributed by atoms with Crippen molar-refractivity contribution < 1.29 is 13.6 Å². The Kier molecular flexibility index (Phi) is 5.19. The molecule has 0 radical (unpaired) electrons. The van der Waals surface area contributed by atoms with Crippen molar-refractivity contribution in [3.8, 4) is 0 Å². The van der Waals surface area contributed by atoms with Crippen molar-refractivity contribution in [3.63, 3.8) is 0 Å². The minimum absolute atomic E-state index is 0.107. The molecule has 0 aliphatic carbocycles. The van der Waals surface area contributed by atoms with E-state index in [-0.39, 0.29) is 17.6 Å². The molecule has 0 spiro atoms. The molecule has 0 N–H and O–H groups in total. The summed E-state index contributed by atoms with van der Waals surface area (Å²) in [7, 11) is 0. The van der Waals surface area contributed by atoms with Crippen molar-refractivity contribution in [1.82, 2.24) is 14.9 Å². The van der Waals surface area contributed by atoms with Crippen molar-refractivity contribution in [3.05, 3.63) is 83.1 Å². The summed E-state index contributed by atoms with van der Waals surface area (Å²) >= 11 is 0. The number of nitrogens with zero attached hydrogens (tertiary/aromatic N) is 3. The average molecular weight is 379 g/mol. The van der Waals surface area contributed by atoms with E-state index in [9.17, 15) is 9.18 Å². The lowest BCUT2D eigenvalue weighted by atomic mass is 9.93. The average Bonchev–Trinajstić information content (AvgIpc) is 3.16. The van der Waals surface area contributed by atoms with Gasteiger partial charge in [-0.2, -0.15) is 0 Å². The maximum Gasteiger partial charge on any atom is 0.275 e. The first-order valence-corrected chi connectivity index (χ1v) is 9.51. The molecular weight excluding hydrogens is 357 g/mol. The second-order valence-corrected chi connectivity index (χ2v) is 7.16. The highest BCUT2D eigenvalue weighted by atomic mass is 19.1. The van der Waals surface area contributed by atoms with Gasteiger partial charge in [-0.25, -0.2) is 9.37 Å². The van der Waals surface area contributed by atoms with Crippen molar-refractivity contribution in [1.29, 1.82) is 0 Å². The molecule has 3 aromatic rings. The van der Waals surface area contributed by atoms with E-state index in [4.69, 9.17) is 9.40 Å². The highest BCUT2D eigenvalue weighted by Gasteiger charge is 2.27. The molecule has 3 heterocycles. The van der Waals surface area contributed by atoms with Gasteiger partial charge in [0.1, 0.15) is 12.1 Å². The molecule has 2 aromatic heterocycles. The number of pyridine rings is 1. The Labute approximate surface area is 163 Å². The Hall–Kier alpha value is -3.02. The van der Waals surface area contributed by atoms with Gasteiger partial charge >= 0.3 is 0 Å². The van der Waals surface area contributed by atoms with Gasteiger partial charge in [0.15, 0.2) is 11.6 Å². The van der Waals surface area contributed by atoms with Crippen LogP contribution >= 0.6 is 0 Å². The Morgan fingerprint density at radius 3 is 2.86 bits per heavy atom. The highest BCUT2D eigenvalue weighted by Crippen LogP contribution is 2.27. The number of carbonyl (C=O) groups is 1. The highest BCUT2D eigenvalue weighted by molar-refractivity contribution is 5.92. The lowest BCUT2D eigenvalue weighted by molar-refractivity contribution is 0.0700. The summed E-state index contributed by atoms with van der Waals surface area (Å²) in [5.74, 6) is 0.321. The lowest BCUT2D eigenvalue weighted by Gasteiger charge is -2.32. The van der Waals surface area contributed by atoms with Gasteiger partial charge < -0.3 is 9.32 Å². The summed E-state index contributed by atoms with van der Waals surface area (Å²) in [6, 6.07) is 12.6. The van der Waals surface area contributed by atoms with Crippen LogP contribution in [0.15, 0.2) is 53.1 Å². The van der Waals surface area contributed by atoms with Gasteiger partial charge in [0.25, 0.3) is 5.91 Å². The molecule has 1 aromatic carbocycles. The topological polar surface area (TPSA) is 59.2 Å². The zero-order chi connectivity index (χ0) is 19.5. The number of carbonyl (C=O) groups excluding carboxylic acids is 1. The minimum atomic E-state index is -0.216. The van der Waals surface area contributed by atoms with Gasteiger partial charge in [0, 0.05) is 43.7 Å². The van der Waals surface area contributed by atoms with E-state index in [1.165, 1.54) is 12.3 Å². The number of hydrogen-bond donors (Lipinski definition) is 0. The molecule has 1 amide bonds. The van der Waals surface area contributed by atoms with Gasteiger partial charge in [-0.1, -0.05) is 24.3 Å². The van der Waals surface area contributed by atoms with Gasteiger partial charge in [0.2, 0.25) is 0 Å². The van der Waals surface area contributed by atoms with E-state index in [0.29, 0.717) is 36.7 Å². The first-order valence-electron chi connectivity index (χ1n) is 9.51. The van der Waals surface area contributed by atoms with Crippen LogP contribution < -0.4 is 0 Å². The van der Waals surface area contributed by atoms with Crippen LogP contribution in [0.5, 0.6) is 0 Å². The third-order valence-corrected chi connectivity index (χ3v) is 5.12. The Balaban J connectivity index is 1.49. The summed E-state index contributed by atoms with van der Waals surface area (Å²) in [4.78, 5) is 23.4. The van der Waals surface area contributed by atoms with Gasteiger partial charge in [0.05, 0.1) is 0 Å². The molecule has 1 atom stereocenters. The molecule has 4 rings (SSSR count). The smallest absolute Gasteiger partial charge is 0.275 e. The number of rotatable bonds is 4. The van der Waals surface area contributed by atoms with Crippen LogP contribution in [0.2, 0.25) is 0 Å². The van der Waals surface area contributed by atoms with Gasteiger partial charge in [-0.3, -0.25) is 9.78 Å². The molecule has 1 fully saturated rings. The molecule has 6 heteroatoms. The summed E-state index contributed by atoms with van der Waals surface area (Å²) in [5.41, 5.74) is 2.76. The lowest BCUT2D eigenvalue weighted by Crippen LogP contribution is -2.39. The van der Waals surface area contributed by atoms with Crippen LogP contribution in [-0.4, -0.2) is 33.9 Å². The predicted molar refractivity (Wildman–Crippen MR) is 103 cm³/mol. The van der Waals surface area contributed by atoms with Gasteiger partial charge in [-0.15, -0.1) is 0 Å². The number of amides is 1. The quantitative estimate of drug-likeness (QED) is 0.684. The monoisotopic (exact) mass is 379 g/mol. The van der Waals surface area contributed by atoms with Crippen LogP contribution in [-0.2, 0) is 6.42 Å². The number of aromatic nitrogens is 2. The van der Waals surface area contributed by atoms with Crippen LogP contribution in [0.25, 0.3) is 0 Å². The van der Waals surface area contributed by atoms with Crippen LogP contribution in [0.1, 0.15) is 52.1 Å². The number of halogens is 1. The van der Waals surface area contributed by atoms with Crippen LogP contribution in [0.3, 0.4) is 0 Å². The van der Waals surface area contributed by atoms with E-state index >= 15 is 0 Å². The third-order valence-electron chi connectivity index (χ3n) is 5.12. The number of likely N-dealkylation sites (tertiary alicyclic amines) is 1. The second kappa shape index (κ2) is 7.92. The largest absolute Gasteiger partial charge is 0.448 e. The van der Waals surface area contributed by atoms with Crippen LogP contribution in [0.4, 0.5) is 4.39 Å². The number of oxazole rings is 1.